The van der Waals surface area contributed by atoms with Gasteiger partial charge in [-0.15, -0.1) is 0 Å². The van der Waals surface area contributed by atoms with Gasteiger partial charge in [-0.05, 0) is 35.7 Å². The molecule has 1 aliphatic heterocycles. The van der Waals surface area contributed by atoms with Crippen LogP contribution in [0, 0.1) is 0 Å². The van der Waals surface area contributed by atoms with Crippen LogP contribution in [-0.4, -0.2) is 13.1 Å². The predicted octanol–water partition coefficient (Wildman–Crippen LogP) is 4.51. The molecule has 0 amide bonds. The quantitative estimate of drug-likeness (QED) is 0.881. The van der Waals surface area contributed by atoms with E-state index in [1.54, 1.807) is 0 Å². The SMILES string of the molecule is CCC(c1cccc(Br)c1)N1CCNCc2ccccc21. The summed E-state index contributed by atoms with van der Waals surface area (Å²) >= 11 is 3.60. The van der Waals surface area contributed by atoms with Crippen LogP contribution < -0.4 is 10.2 Å². The number of para-hydroxylation sites is 1. The highest BCUT2D eigenvalue weighted by molar-refractivity contribution is 9.10. The molecular weight excluding hydrogens is 324 g/mol. The summed E-state index contributed by atoms with van der Waals surface area (Å²) in [6.07, 6.45) is 1.10. The number of hydrogen-bond acceptors (Lipinski definition) is 2. The Kier molecular flexibility index (Phi) is 4.61. The van der Waals surface area contributed by atoms with Crippen LogP contribution in [0.3, 0.4) is 0 Å². The molecule has 3 rings (SSSR count). The minimum absolute atomic E-state index is 0.420. The van der Waals surface area contributed by atoms with E-state index >= 15 is 0 Å². The van der Waals surface area contributed by atoms with Crippen molar-refractivity contribution in [1.29, 1.82) is 0 Å². The van der Waals surface area contributed by atoms with Gasteiger partial charge in [0.05, 0.1) is 6.04 Å². The van der Waals surface area contributed by atoms with E-state index in [-0.39, 0.29) is 0 Å². The zero-order valence-corrected chi connectivity index (χ0v) is 13.9. The molecule has 110 valence electrons. The molecule has 0 aliphatic carbocycles. The zero-order valence-electron chi connectivity index (χ0n) is 12.3. The number of anilines is 1. The molecule has 0 saturated heterocycles. The van der Waals surface area contributed by atoms with Crippen molar-refractivity contribution in [3.05, 3.63) is 64.1 Å². The van der Waals surface area contributed by atoms with Gasteiger partial charge < -0.3 is 10.2 Å². The third-order valence-corrected chi connectivity index (χ3v) is 4.64. The highest BCUT2D eigenvalue weighted by atomic mass is 79.9. The Morgan fingerprint density at radius 1 is 1.19 bits per heavy atom. The molecule has 3 heteroatoms. The lowest BCUT2D eigenvalue weighted by molar-refractivity contribution is 0.590. The number of hydrogen-bond donors (Lipinski definition) is 1. The topological polar surface area (TPSA) is 15.3 Å². The normalized spacial score (nSPS) is 16.2. The maximum absolute atomic E-state index is 3.60. The minimum Gasteiger partial charge on any atom is -0.363 e. The first-order chi connectivity index (χ1) is 10.3. The van der Waals surface area contributed by atoms with Crippen molar-refractivity contribution < 1.29 is 0 Å². The van der Waals surface area contributed by atoms with E-state index in [1.165, 1.54) is 16.8 Å². The largest absolute Gasteiger partial charge is 0.363 e. The van der Waals surface area contributed by atoms with Gasteiger partial charge in [0, 0.05) is 29.8 Å². The molecule has 2 nitrogen and oxygen atoms in total. The monoisotopic (exact) mass is 344 g/mol. The maximum Gasteiger partial charge on any atom is 0.0540 e. The van der Waals surface area contributed by atoms with Crippen molar-refractivity contribution in [3.8, 4) is 0 Å². The Morgan fingerprint density at radius 2 is 2.05 bits per heavy atom. The molecule has 2 aromatic rings. The fourth-order valence-corrected chi connectivity index (χ4v) is 3.57. The molecule has 21 heavy (non-hydrogen) atoms. The number of benzene rings is 2. The maximum atomic E-state index is 3.60. The molecule has 1 N–H and O–H groups in total. The summed E-state index contributed by atoms with van der Waals surface area (Å²) in [4.78, 5) is 2.55. The average Bonchev–Trinajstić information content (AvgIpc) is 2.71. The van der Waals surface area contributed by atoms with Crippen molar-refractivity contribution in [2.24, 2.45) is 0 Å². The Balaban J connectivity index is 2.00. The van der Waals surface area contributed by atoms with Crippen LogP contribution in [0.4, 0.5) is 5.69 Å². The van der Waals surface area contributed by atoms with Crippen molar-refractivity contribution in [2.75, 3.05) is 18.0 Å². The highest BCUT2D eigenvalue weighted by Gasteiger charge is 2.22. The van der Waals surface area contributed by atoms with Crippen LogP contribution in [0.25, 0.3) is 0 Å². The van der Waals surface area contributed by atoms with E-state index in [4.69, 9.17) is 0 Å². The van der Waals surface area contributed by atoms with Crippen LogP contribution in [0.15, 0.2) is 53.0 Å². The molecule has 1 atom stereocenters. The van der Waals surface area contributed by atoms with Crippen LogP contribution in [0.2, 0.25) is 0 Å². The molecule has 1 unspecified atom stereocenters. The van der Waals surface area contributed by atoms with Gasteiger partial charge in [0.2, 0.25) is 0 Å². The average molecular weight is 345 g/mol. The van der Waals surface area contributed by atoms with Gasteiger partial charge in [-0.25, -0.2) is 0 Å². The minimum atomic E-state index is 0.420. The summed E-state index contributed by atoms with van der Waals surface area (Å²) in [6, 6.07) is 17.9. The molecule has 0 bridgehead atoms. The predicted molar refractivity (Wildman–Crippen MR) is 92.7 cm³/mol. The first-order valence-electron chi connectivity index (χ1n) is 7.60. The van der Waals surface area contributed by atoms with Gasteiger partial charge in [0.15, 0.2) is 0 Å². The molecule has 0 saturated carbocycles. The summed E-state index contributed by atoms with van der Waals surface area (Å²) in [7, 11) is 0. The van der Waals surface area contributed by atoms with Crippen molar-refractivity contribution in [2.45, 2.75) is 25.9 Å². The molecule has 2 aromatic carbocycles. The number of fused-ring (bicyclic) bond motifs is 1. The molecular formula is C18H21BrN2. The fourth-order valence-electron chi connectivity index (χ4n) is 3.16. The number of nitrogens with one attached hydrogen (secondary N) is 1. The molecule has 1 heterocycles. The second-order valence-corrected chi connectivity index (χ2v) is 6.39. The summed E-state index contributed by atoms with van der Waals surface area (Å²) < 4.78 is 1.15. The lowest BCUT2D eigenvalue weighted by Crippen LogP contribution is -2.32. The molecule has 1 aliphatic rings. The number of halogens is 1. The highest BCUT2D eigenvalue weighted by Crippen LogP contribution is 2.33. The molecule has 0 aromatic heterocycles. The van der Waals surface area contributed by atoms with Gasteiger partial charge >= 0.3 is 0 Å². The van der Waals surface area contributed by atoms with E-state index < -0.39 is 0 Å². The van der Waals surface area contributed by atoms with Crippen molar-refractivity contribution in [3.63, 3.8) is 0 Å². The first-order valence-corrected chi connectivity index (χ1v) is 8.39. The lowest BCUT2D eigenvalue weighted by atomic mass is 10.0. The van der Waals surface area contributed by atoms with Crippen LogP contribution in [-0.2, 0) is 6.54 Å². The zero-order chi connectivity index (χ0) is 14.7. The van der Waals surface area contributed by atoms with Crippen molar-refractivity contribution >= 4 is 21.6 Å². The lowest BCUT2D eigenvalue weighted by Gasteiger charge is -2.33. The first kappa shape index (κ1) is 14.6. The number of nitrogens with zero attached hydrogens (tertiary/aromatic N) is 1. The Hall–Kier alpha value is -1.32. The van der Waals surface area contributed by atoms with E-state index in [1.807, 2.05) is 0 Å². The van der Waals surface area contributed by atoms with Crippen LogP contribution >= 0.6 is 15.9 Å². The third kappa shape index (κ3) is 3.14. The van der Waals surface area contributed by atoms with Crippen LogP contribution in [0.5, 0.6) is 0 Å². The van der Waals surface area contributed by atoms with Crippen LogP contribution in [0.1, 0.15) is 30.5 Å². The van der Waals surface area contributed by atoms with Gasteiger partial charge in [-0.2, -0.15) is 0 Å². The molecule has 0 spiro atoms. The van der Waals surface area contributed by atoms with Gasteiger partial charge in [-0.3, -0.25) is 0 Å². The second kappa shape index (κ2) is 6.63. The summed E-state index contributed by atoms with van der Waals surface area (Å²) in [5.74, 6) is 0. The fraction of sp³-hybridized carbons (Fsp3) is 0.333. The van der Waals surface area contributed by atoms with E-state index in [2.05, 4.69) is 81.6 Å². The number of rotatable bonds is 3. The van der Waals surface area contributed by atoms with Gasteiger partial charge in [0.1, 0.15) is 0 Å². The summed E-state index contributed by atoms with van der Waals surface area (Å²) in [5.41, 5.74) is 4.14. The van der Waals surface area contributed by atoms with E-state index in [0.717, 1.165) is 30.5 Å². The van der Waals surface area contributed by atoms with E-state index in [9.17, 15) is 0 Å². The smallest absolute Gasteiger partial charge is 0.0540 e. The standard InChI is InChI=1S/C18H21BrN2/c1-2-17(14-7-5-8-16(19)12-14)21-11-10-20-13-15-6-3-4-9-18(15)21/h3-9,12,17,20H,2,10-11,13H2,1H3. The van der Waals surface area contributed by atoms with Gasteiger partial charge in [-0.1, -0.05) is 53.2 Å². The summed E-state index contributed by atoms with van der Waals surface area (Å²) in [5, 5.41) is 3.52. The Bertz CT molecular complexity index is 612. The summed E-state index contributed by atoms with van der Waals surface area (Å²) in [6.45, 7) is 5.30. The van der Waals surface area contributed by atoms with Crippen molar-refractivity contribution in [1.82, 2.24) is 5.32 Å². The van der Waals surface area contributed by atoms with E-state index in [0.29, 0.717) is 6.04 Å². The molecule has 0 fully saturated rings. The second-order valence-electron chi connectivity index (χ2n) is 5.48. The third-order valence-electron chi connectivity index (χ3n) is 4.14. The Morgan fingerprint density at radius 3 is 2.86 bits per heavy atom. The van der Waals surface area contributed by atoms with Gasteiger partial charge in [0.25, 0.3) is 0 Å². The molecule has 0 radical (unpaired) electrons. The Labute approximate surface area is 135 Å².